The van der Waals surface area contributed by atoms with Crippen LogP contribution >= 0.6 is 11.3 Å². The van der Waals surface area contributed by atoms with Crippen LogP contribution in [-0.2, 0) is 14.6 Å². The summed E-state index contributed by atoms with van der Waals surface area (Å²) in [4.78, 5) is 14.6. The Balaban J connectivity index is 2.20. The third-order valence-corrected chi connectivity index (χ3v) is 6.00. The lowest BCUT2D eigenvalue weighted by Crippen LogP contribution is -2.43. The molecule has 1 aliphatic heterocycles. The van der Waals surface area contributed by atoms with Crippen LogP contribution in [-0.4, -0.2) is 57.0 Å². The maximum atomic E-state index is 12.5. The van der Waals surface area contributed by atoms with Gasteiger partial charge in [0.25, 0.3) is 5.91 Å². The van der Waals surface area contributed by atoms with E-state index in [1.165, 1.54) is 11.3 Å². The van der Waals surface area contributed by atoms with Crippen LogP contribution in [0.15, 0.2) is 11.4 Å². The van der Waals surface area contributed by atoms with E-state index in [1.807, 2.05) is 0 Å². The summed E-state index contributed by atoms with van der Waals surface area (Å²) in [7, 11) is -1.49. The fourth-order valence-corrected chi connectivity index (χ4v) is 4.79. The number of thiophene rings is 1. The molecule has 6 nitrogen and oxygen atoms in total. The van der Waals surface area contributed by atoms with E-state index in [1.54, 1.807) is 23.5 Å². The van der Waals surface area contributed by atoms with Crippen LogP contribution in [0.1, 0.15) is 16.1 Å². The van der Waals surface area contributed by atoms with Crippen LogP contribution in [0.2, 0.25) is 0 Å². The van der Waals surface area contributed by atoms with E-state index >= 15 is 0 Å². The van der Waals surface area contributed by atoms with Crippen LogP contribution in [0.25, 0.3) is 0 Å². The first-order valence-corrected chi connectivity index (χ1v) is 8.98. The van der Waals surface area contributed by atoms with Gasteiger partial charge in [-0.05, 0) is 17.9 Å². The number of methoxy groups -OCH3 is 1. The van der Waals surface area contributed by atoms with Crippen molar-refractivity contribution in [2.24, 2.45) is 0 Å². The van der Waals surface area contributed by atoms with E-state index in [9.17, 15) is 13.2 Å². The smallest absolute Gasteiger partial charge is 0.266 e. The highest BCUT2D eigenvalue weighted by atomic mass is 32.2. The third-order valence-electron chi connectivity index (χ3n) is 3.34. The summed E-state index contributed by atoms with van der Waals surface area (Å²) in [6.07, 6.45) is 0.475. The van der Waals surface area contributed by atoms with Crippen LogP contribution < -0.4 is 5.73 Å². The zero-order valence-corrected chi connectivity index (χ0v) is 12.9. The Morgan fingerprint density at radius 3 is 2.85 bits per heavy atom. The number of hydrogen-bond acceptors (Lipinski definition) is 6. The summed E-state index contributed by atoms with van der Waals surface area (Å²) >= 11 is 1.27. The molecule has 0 aromatic carbocycles. The van der Waals surface area contributed by atoms with E-state index in [4.69, 9.17) is 10.5 Å². The number of hydrogen-bond donors (Lipinski definition) is 1. The topological polar surface area (TPSA) is 89.7 Å². The van der Waals surface area contributed by atoms with Crippen LogP contribution in [0.3, 0.4) is 0 Å². The largest absolute Gasteiger partial charge is 0.397 e. The first-order valence-electron chi connectivity index (χ1n) is 6.28. The van der Waals surface area contributed by atoms with Crippen molar-refractivity contribution in [2.75, 3.05) is 37.5 Å². The average molecular weight is 318 g/mol. The fraction of sp³-hybridized carbons (Fsp3) is 0.583. The lowest BCUT2D eigenvalue weighted by Gasteiger charge is -2.27. The van der Waals surface area contributed by atoms with Gasteiger partial charge in [0.15, 0.2) is 9.84 Å². The molecule has 0 saturated carbocycles. The second-order valence-corrected chi connectivity index (χ2v) is 7.90. The number of nitrogen functional groups attached to an aromatic ring is 1. The molecule has 1 aliphatic rings. The highest BCUT2D eigenvalue weighted by Gasteiger charge is 2.35. The van der Waals surface area contributed by atoms with Gasteiger partial charge in [-0.25, -0.2) is 8.42 Å². The zero-order chi connectivity index (χ0) is 14.8. The molecule has 0 spiro atoms. The van der Waals surface area contributed by atoms with Gasteiger partial charge in [0.05, 0.1) is 23.8 Å². The number of amides is 1. The van der Waals surface area contributed by atoms with Gasteiger partial charge in [0, 0.05) is 19.7 Å². The predicted octanol–water partition coefficient (Wildman–Crippen LogP) is 0.606. The number of nitrogens with zero attached hydrogens (tertiary/aromatic N) is 1. The monoisotopic (exact) mass is 318 g/mol. The summed E-state index contributed by atoms with van der Waals surface area (Å²) in [5, 5.41) is 1.75. The van der Waals surface area contributed by atoms with Gasteiger partial charge >= 0.3 is 0 Å². The first kappa shape index (κ1) is 15.3. The maximum Gasteiger partial charge on any atom is 0.266 e. The molecule has 1 aromatic heterocycles. The zero-order valence-electron chi connectivity index (χ0n) is 11.2. The van der Waals surface area contributed by atoms with E-state index in [0.717, 1.165) is 0 Å². The highest BCUT2D eigenvalue weighted by molar-refractivity contribution is 7.91. The molecule has 1 fully saturated rings. The summed E-state index contributed by atoms with van der Waals surface area (Å²) in [6, 6.07) is 1.39. The lowest BCUT2D eigenvalue weighted by molar-refractivity contribution is 0.0630. The lowest BCUT2D eigenvalue weighted by atomic mass is 10.2. The number of carbonyl (C=O) groups is 1. The van der Waals surface area contributed by atoms with Crippen molar-refractivity contribution in [3.05, 3.63) is 16.3 Å². The normalized spacial score (nSPS) is 20.9. The van der Waals surface area contributed by atoms with Crippen molar-refractivity contribution in [2.45, 2.75) is 12.5 Å². The molecule has 2 rings (SSSR count). The summed E-state index contributed by atoms with van der Waals surface area (Å²) in [6.45, 7) is 0.737. The molecule has 0 bridgehead atoms. The molecule has 20 heavy (non-hydrogen) atoms. The minimum Gasteiger partial charge on any atom is -0.397 e. The van der Waals surface area contributed by atoms with E-state index in [2.05, 4.69) is 0 Å². The maximum absolute atomic E-state index is 12.5. The second-order valence-electron chi connectivity index (χ2n) is 4.75. The van der Waals surface area contributed by atoms with E-state index < -0.39 is 9.84 Å². The summed E-state index contributed by atoms with van der Waals surface area (Å²) in [5.41, 5.74) is 6.21. The molecule has 2 heterocycles. The Morgan fingerprint density at radius 2 is 2.35 bits per heavy atom. The number of anilines is 1. The number of carbonyl (C=O) groups excluding carboxylic acids is 1. The number of nitrogens with two attached hydrogens (primary N) is 1. The fourth-order valence-electron chi connectivity index (χ4n) is 2.28. The highest BCUT2D eigenvalue weighted by Crippen LogP contribution is 2.25. The van der Waals surface area contributed by atoms with E-state index in [0.29, 0.717) is 30.1 Å². The van der Waals surface area contributed by atoms with Crippen molar-refractivity contribution in [3.63, 3.8) is 0 Å². The quantitative estimate of drug-likeness (QED) is 0.859. The minimum atomic E-state index is -3.04. The Morgan fingerprint density at radius 1 is 1.60 bits per heavy atom. The predicted molar refractivity (Wildman–Crippen MR) is 78.7 cm³/mol. The average Bonchev–Trinajstić information content (AvgIpc) is 2.95. The molecule has 1 amide bonds. The van der Waals surface area contributed by atoms with Gasteiger partial charge in [-0.15, -0.1) is 11.3 Å². The van der Waals surface area contributed by atoms with Crippen molar-refractivity contribution >= 4 is 32.8 Å². The van der Waals surface area contributed by atoms with Gasteiger partial charge < -0.3 is 15.4 Å². The van der Waals surface area contributed by atoms with Crippen molar-refractivity contribution in [3.8, 4) is 0 Å². The SMILES string of the molecule is COCCN(C(=O)c1sccc1N)C1CCS(=O)(=O)C1. The molecule has 8 heteroatoms. The Bertz CT molecular complexity index is 582. The van der Waals surface area contributed by atoms with Gasteiger partial charge in [-0.3, -0.25) is 4.79 Å². The number of rotatable bonds is 5. The number of ether oxygens (including phenoxy) is 1. The molecule has 2 N–H and O–H groups in total. The standard InChI is InChI=1S/C12H18N2O4S2/c1-18-5-4-14(9-3-7-20(16,17)8-9)12(15)11-10(13)2-6-19-11/h2,6,9H,3-5,7-8,13H2,1H3. The Hall–Kier alpha value is -1.12. The molecule has 1 unspecified atom stereocenters. The van der Waals surface area contributed by atoms with Gasteiger partial charge in [-0.2, -0.15) is 0 Å². The van der Waals surface area contributed by atoms with Gasteiger partial charge in [0.2, 0.25) is 0 Å². The van der Waals surface area contributed by atoms with Gasteiger partial charge in [0.1, 0.15) is 4.88 Å². The summed E-state index contributed by atoms with van der Waals surface area (Å²) in [5.74, 6) is -0.0566. The van der Waals surface area contributed by atoms with Crippen molar-refractivity contribution in [1.29, 1.82) is 0 Å². The molecule has 1 aromatic rings. The summed E-state index contributed by atoms with van der Waals surface area (Å²) < 4.78 is 28.2. The molecule has 1 saturated heterocycles. The Kier molecular flexibility index (Phi) is 4.66. The molecular formula is C12H18N2O4S2. The third kappa shape index (κ3) is 3.31. The first-order chi connectivity index (χ1) is 9.44. The van der Waals surface area contributed by atoms with Crippen molar-refractivity contribution < 1.29 is 17.9 Å². The minimum absolute atomic E-state index is 0.0216. The van der Waals surface area contributed by atoms with Crippen LogP contribution in [0.4, 0.5) is 5.69 Å². The molecule has 0 radical (unpaired) electrons. The van der Waals surface area contributed by atoms with Crippen LogP contribution in [0.5, 0.6) is 0 Å². The molecule has 0 aliphatic carbocycles. The number of sulfone groups is 1. The molecular weight excluding hydrogens is 300 g/mol. The van der Waals surface area contributed by atoms with Crippen LogP contribution in [0, 0.1) is 0 Å². The van der Waals surface area contributed by atoms with Gasteiger partial charge in [-0.1, -0.05) is 0 Å². The van der Waals surface area contributed by atoms with E-state index in [-0.39, 0.29) is 23.5 Å². The molecule has 112 valence electrons. The second kappa shape index (κ2) is 6.11. The molecule has 1 atom stereocenters. The van der Waals surface area contributed by atoms with Crippen molar-refractivity contribution in [1.82, 2.24) is 4.90 Å². The Labute approximate surface area is 122 Å².